The predicted octanol–water partition coefficient (Wildman–Crippen LogP) is 7.07. The number of methoxy groups -OCH3 is 1. The van der Waals surface area contributed by atoms with Crippen molar-refractivity contribution in [3.8, 4) is 17.1 Å². The van der Waals surface area contributed by atoms with E-state index in [1.807, 2.05) is 24.3 Å². The van der Waals surface area contributed by atoms with Crippen LogP contribution >= 0.6 is 11.6 Å². The Kier molecular flexibility index (Phi) is 9.20. The maximum absolute atomic E-state index is 11.5. The highest BCUT2D eigenvalue weighted by Gasteiger charge is 2.24. The predicted molar refractivity (Wildman–Crippen MR) is 146 cm³/mol. The third-order valence-corrected chi connectivity index (χ3v) is 6.42. The molecule has 0 atom stereocenters. The molecule has 6 nitrogen and oxygen atoms in total. The summed E-state index contributed by atoms with van der Waals surface area (Å²) in [5.74, 6) is 0.272. The van der Waals surface area contributed by atoms with Gasteiger partial charge in [0.2, 0.25) is 0 Å². The Labute approximate surface area is 219 Å². The molecule has 0 aliphatic rings. The summed E-state index contributed by atoms with van der Waals surface area (Å²) in [4.78, 5) is 18.7. The first-order valence-electron chi connectivity index (χ1n) is 12.5. The van der Waals surface area contributed by atoms with Crippen molar-refractivity contribution in [2.45, 2.75) is 67.1 Å². The molecule has 0 spiro atoms. The first-order chi connectivity index (χ1) is 17.0. The quantitative estimate of drug-likeness (QED) is 0.298. The zero-order valence-corrected chi connectivity index (χ0v) is 23.0. The van der Waals surface area contributed by atoms with Crippen LogP contribution in [0.25, 0.3) is 11.4 Å². The summed E-state index contributed by atoms with van der Waals surface area (Å²) < 4.78 is 7.64. The van der Waals surface area contributed by atoms with Crippen LogP contribution in [0.15, 0.2) is 42.5 Å². The van der Waals surface area contributed by atoms with Crippen LogP contribution in [0.4, 0.5) is 0 Å². The number of aryl methyl sites for hydroxylation is 1. The number of rotatable bonds is 11. The Morgan fingerprint density at radius 3 is 2.50 bits per heavy atom. The van der Waals surface area contributed by atoms with Crippen LogP contribution in [0, 0.1) is 12.3 Å². The van der Waals surface area contributed by atoms with Gasteiger partial charge in [0.1, 0.15) is 17.1 Å². The minimum Gasteiger partial charge on any atom is -0.496 e. The lowest BCUT2D eigenvalue weighted by molar-refractivity contribution is 0.0693. The molecule has 3 aromatic rings. The molecule has 1 N–H and O–H groups in total. The van der Waals surface area contributed by atoms with E-state index in [-0.39, 0.29) is 11.0 Å². The Morgan fingerprint density at radius 1 is 1.17 bits per heavy atom. The molecule has 0 fully saturated rings. The van der Waals surface area contributed by atoms with Gasteiger partial charge in [0, 0.05) is 31.7 Å². The standard InChI is InChI=1S/C29H38ClN3O3/c1-7-8-15-33-24(26(30)31-27(33)22-12-10-9-11-20(22)2)18-32(19-29(3,4)5)17-21-13-14-23(28(34)35)25(16-21)36-6/h9-14,16H,7-8,15,17-19H2,1-6H3,(H,34,35). The van der Waals surface area contributed by atoms with Crippen LogP contribution in [-0.2, 0) is 19.6 Å². The number of carboxylic acids is 1. The summed E-state index contributed by atoms with van der Waals surface area (Å²) >= 11 is 6.81. The molecule has 0 bridgehead atoms. The maximum atomic E-state index is 11.5. The summed E-state index contributed by atoms with van der Waals surface area (Å²) in [6, 6.07) is 13.6. The third-order valence-electron chi connectivity index (χ3n) is 6.12. The van der Waals surface area contributed by atoms with Gasteiger partial charge < -0.3 is 14.4 Å². The Hall–Kier alpha value is -2.83. The minimum absolute atomic E-state index is 0.0463. The van der Waals surface area contributed by atoms with Crippen molar-refractivity contribution >= 4 is 17.6 Å². The lowest BCUT2D eigenvalue weighted by atomic mass is 9.95. The monoisotopic (exact) mass is 511 g/mol. The number of benzene rings is 2. The number of halogens is 1. The van der Waals surface area contributed by atoms with E-state index in [0.717, 1.165) is 48.6 Å². The van der Waals surface area contributed by atoms with E-state index in [1.165, 1.54) is 12.7 Å². The van der Waals surface area contributed by atoms with E-state index < -0.39 is 5.97 Å². The first kappa shape index (κ1) is 27.8. The van der Waals surface area contributed by atoms with E-state index in [0.29, 0.717) is 24.0 Å². The Balaban J connectivity index is 2.01. The van der Waals surface area contributed by atoms with Gasteiger partial charge in [-0.25, -0.2) is 9.78 Å². The largest absolute Gasteiger partial charge is 0.496 e. The van der Waals surface area contributed by atoms with Crippen molar-refractivity contribution in [3.63, 3.8) is 0 Å². The van der Waals surface area contributed by atoms with Gasteiger partial charge in [0.05, 0.1) is 12.8 Å². The Morgan fingerprint density at radius 2 is 1.89 bits per heavy atom. The van der Waals surface area contributed by atoms with Gasteiger partial charge in [0.15, 0.2) is 5.15 Å². The number of ether oxygens (including phenoxy) is 1. The number of hydrogen-bond acceptors (Lipinski definition) is 4. The van der Waals surface area contributed by atoms with E-state index in [9.17, 15) is 9.90 Å². The molecule has 0 aliphatic carbocycles. The van der Waals surface area contributed by atoms with E-state index in [4.69, 9.17) is 21.3 Å². The average molecular weight is 512 g/mol. The van der Waals surface area contributed by atoms with Crippen LogP contribution in [0.3, 0.4) is 0 Å². The molecule has 1 aromatic heterocycles. The van der Waals surface area contributed by atoms with Crippen molar-refractivity contribution in [2.24, 2.45) is 5.41 Å². The SMILES string of the molecule is CCCCn1c(-c2ccccc2C)nc(Cl)c1CN(Cc1ccc(C(=O)O)c(OC)c1)CC(C)(C)C. The summed E-state index contributed by atoms with van der Waals surface area (Å²) in [5, 5.41) is 9.98. The van der Waals surface area contributed by atoms with Gasteiger partial charge in [-0.2, -0.15) is 0 Å². The van der Waals surface area contributed by atoms with Crippen molar-refractivity contribution < 1.29 is 14.6 Å². The normalized spacial score (nSPS) is 11.8. The molecular formula is C29H38ClN3O3. The van der Waals surface area contributed by atoms with Gasteiger partial charge in [-0.1, -0.05) is 76.0 Å². The molecule has 194 valence electrons. The van der Waals surface area contributed by atoms with Gasteiger partial charge in [0.25, 0.3) is 0 Å². The van der Waals surface area contributed by atoms with Crippen molar-refractivity contribution in [3.05, 3.63) is 70.0 Å². The number of aromatic carboxylic acids is 1. The van der Waals surface area contributed by atoms with Crippen LogP contribution in [0.5, 0.6) is 5.75 Å². The molecule has 2 aromatic carbocycles. The second kappa shape index (κ2) is 11.9. The molecule has 3 rings (SSSR count). The second-order valence-corrected chi connectivity index (χ2v) is 10.9. The average Bonchev–Trinajstić information content (AvgIpc) is 3.11. The molecule has 0 aliphatic heterocycles. The number of nitrogens with zero attached hydrogens (tertiary/aromatic N) is 3. The van der Waals surface area contributed by atoms with E-state index in [2.05, 4.69) is 56.2 Å². The number of imidazole rings is 1. The van der Waals surface area contributed by atoms with Crippen molar-refractivity contribution in [2.75, 3.05) is 13.7 Å². The fraction of sp³-hybridized carbons (Fsp3) is 0.448. The zero-order valence-electron chi connectivity index (χ0n) is 22.3. The highest BCUT2D eigenvalue weighted by Crippen LogP contribution is 2.31. The lowest BCUT2D eigenvalue weighted by Crippen LogP contribution is -2.33. The smallest absolute Gasteiger partial charge is 0.339 e. The van der Waals surface area contributed by atoms with Crippen molar-refractivity contribution in [1.82, 2.24) is 14.5 Å². The topological polar surface area (TPSA) is 67.6 Å². The number of carboxylic acid groups (broad SMARTS) is 1. The molecular weight excluding hydrogens is 474 g/mol. The molecule has 1 heterocycles. The minimum atomic E-state index is -1.000. The van der Waals surface area contributed by atoms with Gasteiger partial charge in [-0.3, -0.25) is 4.90 Å². The fourth-order valence-electron chi connectivity index (χ4n) is 4.51. The maximum Gasteiger partial charge on any atom is 0.339 e. The summed E-state index contributed by atoms with van der Waals surface area (Å²) in [5.41, 5.74) is 4.45. The number of aromatic nitrogens is 2. The molecule has 0 radical (unpaired) electrons. The summed E-state index contributed by atoms with van der Waals surface area (Å²) in [6.45, 7) is 13.8. The van der Waals surface area contributed by atoms with Crippen LogP contribution in [0.1, 0.15) is 67.7 Å². The van der Waals surface area contributed by atoms with E-state index >= 15 is 0 Å². The van der Waals surface area contributed by atoms with E-state index in [1.54, 1.807) is 6.07 Å². The highest BCUT2D eigenvalue weighted by molar-refractivity contribution is 6.30. The highest BCUT2D eigenvalue weighted by atomic mass is 35.5. The fourth-order valence-corrected chi connectivity index (χ4v) is 4.76. The lowest BCUT2D eigenvalue weighted by Gasteiger charge is -2.30. The third kappa shape index (κ3) is 6.89. The molecule has 36 heavy (non-hydrogen) atoms. The number of unbranched alkanes of at least 4 members (excludes halogenated alkanes) is 1. The molecule has 0 saturated carbocycles. The molecule has 0 unspecified atom stereocenters. The summed E-state index contributed by atoms with van der Waals surface area (Å²) in [6.07, 6.45) is 2.11. The molecule has 0 saturated heterocycles. The van der Waals surface area contributed by atoms with Gasteiger partial charge >= 0.3 is 5.97 Å². The van der Waals surface area contributed by atoms with Gasteiger partial charge in [-0.05, 0) is 42.0 Å². The van der Waals surface area contributed by atoms with Gasteiger partial charge in [-0.15, -0.1) is 0 Å². The van der Waals surface area contributed by atoms with Crippen LogP contribution in [-0.4, -0.2) is 39.2 Å². The van der Waals surface area contributed by atoms with Crippen LogP contribution in [0.2, 0.25) is 5.15 Å². The Bertz CT molecular complexity index is 1200. The van der Waals surface area contributed by atoms with Crippen LogP contribution < -0.4 is 4.74 Å². The first-order valence-corrected chi connectivity index (χ1v) is 12.8. The number of hydrogen-bond donors (Lipinski definition) is 1. The summed E-state index contributed by atoms with van der Waals surface area (Å²) in [7, 11) is 1.50. The second-order valence-electron chi connectivity index (χ2n) is 10.5. The molecule has 0 amide bonds. The van der Waals surface area contributed by atoms with Crippen molar-refractivity contribution in [1.29, 1.82) is 0 Å². The number of carbonyl (C=O) groups is 1. The molecule has 7 heteroatoms. The zero-order chi connectivity index (χ0) is 26.5.